The number of hydrogen-bond donors (Lipinski definition) is 0. The van der Waals surface area contributed by atoms with Crippen molar-refractivity contribution in [2.24, 2.45) is 0 Å². The normalized spacial score (nSPS) is 10.1. The summed E-state index contributed by atoms with van der Waals surface area (Å²) in [5.41, 5.74) is 1.33. The van der Waals surface area contributed by atoms with Crippen LogP contribution in [0.25, 0.3) is 0 Å². The van der Waals surface area contributed by atoms with Crippen LogP contribution < -0.4 is 0 Å². The molecular formula is C10H13Cl3Zr-. The van der Waals surface area contributed by atoms with Crippen LogP contribution in [0.5, 0.6) is 0 Å². The van der Waals surface area contributed by atoms with E-state index in [1.165, 1.54) is 5.56 Å². The van der Waals surface area contributed by atoms with Crippen LogP contribution in [0.1, 0.15) is 19.4 Å². The second-order valence-electron chi connectivity index (χ2n) is 3.46. The number of halogens is 3. The van der Waals surface area contributed by atoms with Crippen molar-refractivity contribution in [3.63, 3.8) is 0 Å². The first-order valence-electron chi connectivity index (χ1n) is 4.08. The quantitative estimate of drug-likeness (QED) is 0.645. The van der Waals surface area contributed by atoms with Gasteiger partial charge in [0.05, 0.1) is 0 Å². The Bertz CT molecular complexity index is 239. The fraction of sp³-hybridized carbons (Fsp3) is 0.300. The summed E-state index contributed by atoms with van der Waals surface area (Å²) in [6, 6.07) is 10.3. The zero-order valence-electron chi connectivity index (χ0n) is 8.23. The van der Waals surface area contributed by atoms with E-state index < -0.39 is 18.2 Å². The second kappa shape index (κ2) is 7.28. The van der Waals surface area contributed by atoms with Crippen molar-refractivity contribution < 1.29 is 18.2 Å². The van der Waals surface area contributed by atoms with Crippen LogP contribution in [0.15, 0.2) is 30.3 Å². The molecule has 0 spiro atoms. The van der Waals surface area contributed by atoms with E-state index in [1.807, 2.05) is 18.2 Å². The van der Waals surface area contributed by atoms with E-state index in [-0.39, 0.29) is 5.41 Å². The van der Waals surface area contributed by atoms with Crippen molar-refractivity contribution in [1.82, 2.24) is 0 Å². The van der Waals surface area contributed by atoms with Gasteiger partial charge in [0, 0.05) is 0 Å². The van der Waals surface area contributed by atoms with E-state index in [2.05, 4.69) is 32.9 Å². The summed E-state index contributed by atoms with van der Waals surface area (Å²) < 4.78 is 0. The Hall–Kier alpha value is 0.973. The fourth-order valence-corrected chi connectivity index (χ4v) is 0.889. The average molecular weight is 331 g/mol. The predicted molar refractivity (Wildman–Crippen MR) is 62.4 cm³/mol. The first-order valence-corrected chi connectivity index (χ1v) is 13.6. The van der Waals surface area contributed by atoms with Crippen LogP contribution >= 0.6 is 25.5 Å². The summed E-state index contributed by atoms with van der Waals surface area (Å²) in [5, 5.41) is 0. The average Bonchev–Trinajstić information content (AvgIpc) is 2.03. The summed E-state index contributed by atoms with van der Waals surface area (Å²) in [6.45, 7) is 8.27. The van der Waals surface area contributed by atoms with Gasteiger partial charge in [0.15, 0.2) is 0 Å². The van der Waals surface area contributed by atoms with Gasteiger partial charge < -0.3 is 6.92 Å². The van der Waals surface area contributed by atoms with Crippen molar-refractivity contribution >= 4 is 25.5 Å². The van der Waals surface area contributed by atoms with Crippen molar-refractivity contribution in [1.29, 1.82) is 0 Å². The molecule has 4 heteroatoms. The number of hydrogen-bond acceptors (Lipinski definition) is 0. The van der Waals surface area contributed by atoms with Crippen LogP contribution in [0.2, 0.25) is 0 Å². The van der Waals surface area contributed by atoms with Gasteiger partial charge in [-0.25, -0.2) is 0 Å². The minimum absolute atomic E-state index is 0.0429. The van der Waals surface area contributed by atoms with Crippen molar-refractivity contribution in [3.8, 4) is 0 Å². The van der Waals surface area contributed by atoms with Gasteiger partial charge in [-0.15, -0.1) is 5.41 Å². The molecule has 0 radical (unpaired) electrons. The van der Waals surface area contributed by atoms with Gasteiger partial charge in [0.1, 0.15) is 0 Å². The molecule has 0 saturated heterocycles. The molecule has 14 heavy (non-hydrogen) atoms. The molecule has 0 amide bonds. The van der Waals surface area contributed by atoms with E-state index in [0.29, 0.717) is 0 Å². The molecule has 0 bridgehead atoms. The molecule has 0 atom stereocenters. The minimum atomic E-state index is -2.13. The Balaban J connectivity index is 0.000000364. The van der Waals surface area contributed by atoms with Gasteiger partial charge in [0.2, 0.25) is 0 Å². The van der Waals surface area contributed by atoms with Gasteiger partial charge in [-0.2, -0.15) is 0 Å². The molecule has 79 valence electrons. The molecule has 0 saturated carbocycles. The summed E-state index contributed by atoms with van der Waals surface area (Å²) in [7, 11) is 15.0. The Kier molecular flexibility index (Phi) is 7.79. The van der Waals surface area contributed by atoms with E-state index in [4.69, 9.17) is 25.5 Å². The van der Waals surface area contributed by atoms with Crippen LogP contribution in [0, 0.1) is 6.92 Å². The SMILES string of the molecule is [CH2-]C(C)(C)c1ccccc1.[Cl][Zr]([Cl])[Cl]. The van der Waals surface area contributed by atoms with E-state index >= 15 is 0 Å². The van der Waals surface area contributed by atoms with Gasteiger partial charge >= 0.3 is 43.7 Å². The maximum atomic E-state index is 5.00. The molecule has 0 N–H and O–H groups in total. The fourth-order valence-electron chi connectivity index (χ4n) is 0.889. The molecular weight excluding hydrogens is 318 g/mol. The maximum absolute atomic E-state index is 5.00. The molecule has 1 aromatic rings. The van der Waals surface area contributed by atoms with E-state index in [9.17, 15) is 0 Å². The summed E-state index contributed by atoms with van der Waals surface area (Å²) >= 11 is -2.13. The zero-order valence-corrected chi connectivity index (χ0v) is 13.0. The summed E-state index contributed by atoms with van der Waals surface area (Å²) in [5.74, 6) is 0. The molecule has 0 nitrogen and oxygen atoms in total. The Morgan fingerprint density at radius 3 is 1.64 bits per heavy atom. The summed E-state index contributed by atoms with van der Waals surface area (Å²) in [6.07, 6.45) is 0. The third kappa shape index (κ3) is 8.30. The van der Waals surface area contributed by atoms with E-state index in [0.717, 1.165) is 0 Å². The molecule has 0 aliphatic heterocycles. The molecule has 0 fully saturated rings. The van der Waals surface area contributed by atoms with Crippen LogP contribution in [0.4, 0.5) is 0 Å². The first kappa shape index (κ1) is 15.0. The Morgan fingerprint density at radius 2 is 1.43 bits per heavy atom. The monoisotopic (exact) mass is 328 g/mol. The van der Waals surface area contributed by atoms with Crippen LogP contribution in [-0.2, 0) is 23.6 Å². The zero-order chi connectivity index (χ0) is 11.2. The molecule has 1 rings (SSSR count). The van der Waals surface area contributed by atoms with Crippen LogP contribution in [-0.4, -0.2) is 0 Å². The summed E-state index contributed by atoms with van der Waals surface area (Å²) in [4.78, 5) is 0. The predicted octanol–water partition coefficient (Wildman–Crippen LogP) is 4.86. The standard InChI is InChI=1S/C10H13.3ClH.Zr/c1-10(2,3)9-7-5-4-6-8-9;;;;/h4-8H,1H2,2-3H3;3*1H;/q-1;;;;+3/p-3. The third-order valence-electron chi connectivity index (χ3n) is 1.56. The molecule has 0 aliphatic rings. The third-order valence-corrected chi connectivity index (χ3v) is 1.56. The molecule has 0 unspecified atom stereocenters. The number of rotatable bonds is 1. The first-order chi connectivity index (χ1) is 6.34. The molecule has 0 aliphatic carbocycles. The van der Waals surface area contributed by atoms with Crippen molar-refractivity contribution in [2.75, 3.05) is 0 Å². The topological polar surface area (TPSA) is 0 Å². The molecule has 0 heterocycles. The Morgan fingerprint density at radius 1 is 1.07 bits per heavy atom. The number of benzene rings is 1. The van der Waals surface area contributed by atoms with Crippen molar-refractivity contribution in [3.05, 3.63) is 42.8 Å². The van der Waals surface area contributed by atoms with Gasteiger partial charge in [-0.1, -0.05) is 49.7 Å². The molecule has 0 aromatic heterocycles. The van der Waals surface area contributed by atoms with Crippen molar-refractivity contribution in [2.45, 2.75) is 19.3 Å². The van der Waals surface area contributed by atoms with Crippen LogP contribution in [0.3, 0.4) is 0 Å². The Labute approximate surface area is 105 Å². The molecule has 1 aromatic carbocycles. The second-order valence-corrected chi connectivity index (χ2v) is 14.7. The van der Waals surface area contributed by atoms with Gasteiger partial charge in [0.25, 0.3) is 0 Å². The van der Waals surface area contributed by atoms with E-state index in [1.54, 1.807) is 0 Å². The van der Waals surface area contributed by atoms with Gasteiger partial charge in [-0.05, 0) is 0 Å². The van der Waals surface area contributed by atoms with Gasteiger partial charge in [-0.3, -0.25) is 0 Å².